The van der Waals surface area contributed by atoms with Crippen molar-refractivity contribution in [2.75, 3.05) is 40.5 Å². The molecule has 0 unspecified atom stereocenters. The smallest absolute Gasteiger partial charge is 0.410 e. The normalized spacial score (nSPS) is 29.5. The third-order valence-corrected chi connectivity index (χ3v) is 8.68. The number of carbonyl (C=O) groups excluding carboxylic acids is 1. The van der Waals surface area contributed by atoms with Gasteiger partial charge in [-0.1, -0.05) is 12.1 Å². The molecular formula is C25H37N3O6S. The van der Waals surface area contributed by atoms with Crippen molar-refractivity contribution < 1.29 is 27.4 Å². The van der Waals surface area contributed by atoms with Crippen LogP contribution in [0.25, 0.3) is 0 Å². The third-order valence-electron chi connectivity index (χ3n) is 7.12. The maximum Gasteiger partial charge on any atom is 0.410 e. The Balaban J connectivity index is 1.52. The standard InChI is InChI=1S/C25H37N3O6S/c1-27(2)35(30,31)26-23-9-6-14-28-24(23)18-34-21-12-10-19(11-13-21)20-7-5-8-22(17-20)32-15-3-4-16-33-25(28)29/h3-5,7-8,17,19,21,23-24,26H,6,9-16,18H2,1-2H3/b4-3-/t19?,21?,23-,24-/m0/s1. The van der Waals surface area contributed by atoms with Gasteiger partial charge in [0.05, 0.1) is 18.8 Å². The van der Waals surface area contributed by atoms with Crippen molar-refractivity contribution in [3.8, 4) is 5.75 Å². The van der Waals surface area contributed by atoms with E-state index < -0.39 is 28.4 Å². The van der Waals surface area contributed by atoms with E-state index in [1.165, 1.54) is 19.7 Å². The topological polar surface area (TPSA) is 97.4 Å². The van der Waals surface area contributed by atoms with Gasteiger partial charge in [-0.05, 0) is 74.3 Å². The molecule has 1 aromatic carbocycles. The van der Waals surface area contributed by atoms with Gasteiger partial charge in [-0.15, -0.1) is 0 Å². The number of nitrogens with one attached hydrogen (secondary N) is 1. The zero-order valence-corrected chi connectivity index (χ0v) is 21.4. The SMILES string of the molecule is CN(C)S(=O)(=O)N[C@H]1CCCN2C(=O)OC/C=C\COc3cccc(c3)C3CCC(CC3)OC[C@@H]12. The largest absolute Gasteiger partial charge is 0.490 e. The first-order valence-corrected chi connectivity index (χ1v) is 13.9. The molecule has 35 heavy (non-hydrogen) atoms. The van der Waals surface area contributed by atoms with E-state index in [2.05, 4.69) is 16.9 Å². The van der Waals surface area contributed by atoms with E-state index in [-0.39, 0.29) is 19.3 Å². The molecule has 1 saturated heterocycles. The summed E-state index contributed by atoms with van der Waals surface area (Å²) < 4.78 is 46.7. The lowest BCUT2D eigenvalue weighted by molar-refractivity contribution is -0.0257. The van der Waals surface area contributed by atoms with E-state index in [1.807, 2.05) is 18.2 Å². The Bertz CT molecular complexity index is 991. The number of piperidine rings is 1. The molecule has 1 aliphatic carbocycles. The molecular weight excluding hydrogens is 470 g/mol. The van der Waals surface area contributed by atoms with Crippen molar-refractivity contribution in [1.29, 1.82) is 0 Å². The molecule has 0 radical (unpaired) electrons. The summed E-state index contributed by atoms with van der Waals surface area (Å²) in [5.74, 6) is 1.31. The molecule has 3 heterocycles. The minimum atomic E-state index is -3.66. The number of fused-ring (bicyclic) bond motifs is 8. The number of carbonyl (C=O) groups is 1. The second-order valence-electron chi connectivity index (χ2n) is 9.65. The molecule has 1 amide bonds. The van der Waals surface area contributed by atoms with Gasteiger partial charge in [0.25, 0.3) is 10.2 Å². The number of hydrogen-bond donors (Lipinski definition) is 1. The summed E-state index contributed by atoms with van der Waals surface area (Å²) in [5, 5.41) is 0. The lowest BCUT2D eigenvalue weighted by atomic mass is 9.82. The number of hydrogen-bond acceptors (Lipinski definition) is 6. The predicted molar refractivity (Wildman–Crippen MR) is 133 cm³/mol. The van der Waals surface area contributed by atoms with Crippen LogP contribution in [0.3, 0.4) is 0 Å². The molecule has 0 spiro atoms. The van der Waals surface area contributed by atoms with E-state index in [9.17, 15) is 13.2 Å². The summed E-state index contributed by atoms with van der Waals surface area (Å²) in [4.78, 5) is 14.6. The second-order valence-corrected chi connectivity index (χ2v) is 11.6. The van der Waals surface area contributed by atoms with Gasteiger partial charge in [-0.25, -0.2) is 4.79 Å². The van der Waals surface area contributed by atoms with Gasteiger partial charge < -0.3 is 19.1 Å². The highest BCUT2D eigenvalue weighted by Gasteiger charge is 2.38. The Kier molecular flexibility index (Phi) is 8.69. The molecule has 194 valence electrons. The van der Waals surface area contributed by atoms with Gasteiger partial charge >= 0.3 is 6.09 Å². The molecule has 1 N–H and O–H groups in total. The summed E-state index contributed by atoms with van der Waals surface area (Å²) in [5.41, 5.74) is 1.29. The van der Waals surface area contributed by atoms with Crippen LogP contribution < -0.4 is 9.46 Å². The highest BCUT2D eigenvalue weighted by atomic mass is 32.2. The monoisotopic (exact) mass is 507 g/mol. The van der Waals surface area contributed by atoms with Crippen molar-refractivity contribution in [2.45, 2.75) is 62.6 Å². The zero-order valence-electron chi connectivity index (χ0n) is 20.6. The summed E-state index contributed by atoms with van der Waals surface area (Å²) in [6.07, 6.45) is 8.39. The first kappa shape index (κ1) is 25.9. The van der Waals surface area contributed by atoms with E-state index in [1.54, 1.807) is 11.0 Å². The van der Waals surface area contributed by atoms with Crippen LogP contribution >= 0.6 is 0 Å². The Morgan fingerprint density at radius 3 is 2.51 bits per heavy atom. The number of nitrogens with zero attached hydrogens (tertiary/aromatic N) is 2. The van der Waals surface area contributed by atoms with Gasteiger partial charge in [0.15, 0.2) is 0 Å². The zero-order chi connectivity index (χ0) is 24.8. The Hall–Kier alpha value is -2.14. The molecule has 10 heteroatoms. The number of ether oxygens (including phenoxy) is 3. The fourth-order valence-corrected chi connectivity index (χ4v) is 5.93. The van der Waals surface area contributed by atoms with Crippen molar-refractivity contribution in [3.63, 3.8) is 0 Å². The minimum absolute atomic E-state index is 0.0819. The molecule has 1 aromatic rings. The van der Waals surface area contributed by atoms with Crippen LogP contribution in [0, 0.1) is 0 Å². The summed E-state index contributed by atoms with van der Waals surface area (Å²) >= 11 is 0. The number of rotatable bonds is 3. The Morgan fingerprint density at radius 1 is 1.03 bits per heavy atom. The van der Waals surface area contributed by atoms with Crippen LogP contribution in [0.2, 0.25) is 0 Å². The molecule has 4 aliphatic rings. The van der Waals surface area contributed by atoms with Crippen molar-refractivity contribution in [3.05, 3.63) is 42.0 Å². The lowest BCUT2D eigenvalue weighted by Gasteiger charge is -2.41. The quantitative estimate of drug-likeness (QED) is 0.632. The highest BCUT2D eigenvalue weighted by Crippen LogP contribution is 2.35. The first-order valence-electron chi connectivity index (χ1n) is 12.5. The molecule has 0 aromatic heterocycles. The van der Waals surface area contributed by atoms with Crippen LogP contribution in [-0.2, 0) is 19.7 Å². The fourth-order valence-electron chi connectivity index (χ4n) is 5.06. The predicted octanol–water partition coefficient (Wildman–Crippen LogP) is 3.04. The lowest BCUT2D eigenvalue weighted by Crippen LogP contribution is -2.60. The van der Waals surface area contributed by atoms with E-state index in [4.69, 9.17) is 14.2 Å². The second kappa shape index (κ2) is 11.7. The molecule has 9 nitrogen and oxygen atoms in total. The van der Waals surface area contributed by atoms with Crippen LogP contribution in [0.15, 0.2) is 36.4 Å². The maximum atomic E-state index is 13.0. The number of amides is 1. The molecule has 2 atom stereocenters. The van der Waals surface area contributed by atoms with E-state index in [0.717, 1.165) is 35.7 Å². The van der Waals surface area contributed by atoms with Crippen molar-refractivity contribution in [2.24, 2.45) is 0 Å². The molecule has 5 rings (SSSR count). The summed E-state index contributed by atoms with van der Waals surface area (Å²) in [6.45, 7) is 1.28. The van der Waals surface area contributed by atoms with Gasteiger partial charge in [0, 0.05) is 26.7 Å². The Labute approximate surface area is 208 Å². The van der Waals surface area contributed by atoms with Gasteiger partial charge in [-0.3, -0.25) is 0 Å². The summed E-state index contributed by atoms with van der Waals surface area (Å²) in [6, 6.07) is 7.38. The number of benzene rings is 1. The fraction of sp³-hybridized carbons (Fsp3) is 0.640. The van der Waals surface area contributed by atoms with Crippen molar-refractivity contribution in [1.82, 2.24) is 13.9 Å². The van der Waals surface area contributed by atoms with Crippen LogP contribution in [-0.4, -0.2) is 82.4 Å². The molecule has 1 saturated carbocycles. The highest BCUT2D eigenvalue weighted by molar-refractivity contribution is 7.87. The Morgan fingerprint density at radius 2 is 1.77 bits per heavy atom. The van der Waals surface area contributed by atoms with Crippen LogP contribution in [0.5, 0.6) is 5.75 Å². The van der Waals surface area contributed by atoms with Crippen LogP contribution in [0.1, 0.15) is 50.0 Å². The third kappa shape index (κ3) is 6.75. The van der Waals surface area contributed by atoms with E-state index >= 15 is 0 Å². The molecule has 4 bridgehead atoms. The first-order chi connectivity index (χ1) is 16.8. The van der Waals surface area contributed by atoms with Gasteiger partial charge in [0.1, 0.15) is 19.0 Å². The van der Waals surface area contributed by atoms with Crippen LogP contribution in [0.4, 0.5) is 4.79 Å². The molecule has 2 fully saturated rings. The van der Waals surface area contributed by atoms with E-state index in [0.29, 0.717) is 31.9 Å². The molecule has 3 aliphatic heterocycles. The van der Waals surface area contributed by atoms with Crippen molar-refractivity contribution >= 4 is 16.3 Å². The van der Waals surface area contributed by atoms with Gasteiger partial charge in [-0.2, -0.15) is 17.4 Å². The summed E-state index contributed by atoms with van der Waals surface area (Å²) in [7, 11) is -0.680. The minimum Gasteiger partial charge on any atom is -0.490 e. The average molecular weight is 508 g/mol. The van der Waals surface area contributed by atoms with Gasteiger partial charge in [0.2, 0.25) is 0 Å². The average Bonchev–Trinajstić information content (AvgIpc) is 2.85. The maximum absolute atomic E-state index is 13.0.